The molecule has 1 aromatic carbocycles. The van der Waals surface area contributed by atoms with Gasteiger partial charge in [0.1, 0.15) is 5.82 Å². The molecule has 1 heterocycles. The number of aliphatic hydroxyl groups excluding tert-OH is 1. The topological polar surface area (TPSA) is 48.9 Å². The molecular formula is C14H18N2O. The van der Waals surface area contributed by atoms with Crippen LogP contribution in [0.3, 0.4) is 0 Å². The van der Waals surface area contributed by atoms with Gasteiger partial charge in [-0.05, 0) is 36.8 Å². The summed E-state index contributed by atoms with van der Waals surface area (Å²) in [6.45, 7) is 0.327. The zero-order valence-corrected chi connectivity index (χ0v) is 9.95. The summed E-state index contributed by atoms with van der Waals surface area (Å²) in [7, 11) is 0. The Balaban J connectivity index is 1.72. The van der Waals surface area contributed by atoms with Crippen molar-refractivity contribution in [2.45, 2.75) is 32.1 Å². The van der Waals surface area contributed by atoms with E-state index in [1.807, 2.05) is 18.2 Å². The van der Waals surface area contributed by atoms with Gasteiger partial charge in [0.25, 0.3) is 0 Å². The van der Waals surface area contributed by atoms with Crippen molar-refractivity contribution in [2.75, 3.05) is 6.61 Å². The van der Waals surface area contributed by atoms with Gasteiger partial charge >= 0.3 is 0 Å². The summed E-state index contributed by atoms with van der Waals surface area (Å²) in [5, 5.41) is 9.42. The number of aromatic amines is 1. The summed E-state index contributed by atoms with van der Waals surface area (Å²) in [4.78, 5) is 7.92. The van der Waals surface area contributed by atoms with Crippen LogP contribution in [-0.4, -0.2) is 21.7 Å². The van der Waals surface area contributed by atoms with E-state index in [9.17, 15) is 5.11 Å². The van der Waals surface area contributed by atoms with Crippen LogP contribution in [0.4, 0.5) is 0 Å². The third kappa shape index (κ3) is 1.95. The Morgan fingerprint density at radius 2 is 2.12 bits per heavy atom. The molecule has 0 saturated heterocycles. The van der Waals surface area contributed by atoms with Gasteiger partial charge < -0.3 is 10.1 Å². The molecule has 1 fully saturated rings. The van der Waals surface area contributed by atoms with Gasteiger partial charge in [0, 0.05) is 13.0 Å². The third-order valence-electron chi connectivity index (χ3n) is 4.08. The van der Waals surface area contributed by atoms with Gasteiger partial charge in [-0.3, -0.25) is 0 Å². The highest BCUT2D eigenvalue weighted by molar-refractivity contribution is 5.74. The van der Waals surface area contributed by atoms with E-state index in [1.165, 1.54) is 19.3 Å². The number of hydrogen-bond donors (Lipinski definition) is 2. The Morgan fingerprint density at radius 3 is 2.76 bits per heavy atom. The van der Waals surface area contributed by atoms with E-state index in [1.54, 1.807) is 0 Å². The van der Waals surface area contributed by atoms with Gasteiger partial charge in [-0.2, -0.15) is 0 Å². The quantitative estimate of drug-likeness (QED) is 0.848. The number of para-hydroxylation sites is 2. The SMILES string of the molecule is OCC1(CCc2nc3ccccc3[nH]2)CCC1. The summed E-state index contributed by atoms with van der Waals surface area (Å²) >= 11 is 0. The van der Waals surface area contributed by atoms with Crippen LogP contribution in [-0.2, 0) is 6.42 Å². The normalized spacial score (nSPS) is 18.2. The summed E-state index contributed by atoms with van der Waals surface area (Å²) < 4.78 is 0. The highest BCUT2D eigenvalue weighted by Gasteiger charge is 2.35. The molecule has 1 aliphatic carbocycles. The number of rotatable bonds is 4. The van der Waals surface area contributed by atoms with Gasteiger partial charge in [0.05, 0.1) is 11.0 Å². The molecule has 2 aromatic rings. The molecule has 0 atom stereocenters. The zero-order chi connectivity index (χ0) is 11.7. The molecule has 1 aliphatic rings. The van der Waals surface area contributed by atoms with Crippen molar-refractivity contribution >= 4 is 11.0 Å². The molecule has 2 N–H and O–H groups in total. The fourth-order valence-corrected chi connectivity index (χ4v) is 2.67. The predicted molar refractivity (Wildman–Crippen MR) is 67.8 cm³/mol. The summed E-state index contributed by atoms with van der Waals surface area (Å²) in [5.41, 5.74) is 2.34. The van der Waals surface area contributed by atoms with Crippen LogP contribution in [0.2, 0.25) is 0 Å². The molecule has 3 heteroatoms. The minimum absolute atomic E-state index is 0.193. The molecule has 0 aliphatic heterocycles. The molecule has 17 heavy (non-hydrogen) atoms. The van der Waals surface area contributed by atoms with E-state index in [-0.39, 0.29) is 5.41 Å². The molecule has 0 spiro atoms. The number of nitrogens with one attached hydrogen (secondary N) is 1. The average molecular weight is 230 g/mol. The van der Waals surface area contributed by atoms with E-state index < -0.39 is 0 Å². The monoisotopic (exact) mass is 230 g/mol. The van der Waals surface area contributed by atoms with E-state index in [2.05, 4.69) is 16.0 Å². The Labute approximate surface area is 101 Å². The number of imidazole rings is 1. The van der Waals surface area contributed by atoms with Gasteiger partial charge in [-0.1, -0.05) is 18.6 Å². The first kappa shape index (κ1) is 10.8. The molecule has 0 bridgehead atoms. The van der Waals surface area contributed by atoms with Crippen molar-refractivity contribution in [1.82, 2.24) is 9.97 Å². The summed E-state index contributed by atoms with van der Waals surface area (Å²) in [6.07, 6.45) is 5.59. The number of aromatic nitrogens is 2. The summed E-state index contributed by atoms with van der Waals surface area (Å²) in [5.74, 6) is 1.05. The van der Waals surface area contributed by atoms with Crippen molar-refractivity contribution in [1.29, 1.82) is 0 Å². The van der Waals surface area contributed by atoms with Gasteiger partial charge in [-0.25, -0.2) is 4.98 Å². The van der Waals surface area contributed by atoms with Crippen molar-refractivity contribution < 1.29 is 5.11 Å². The molecule has 0 radical (unpaired) electrons. The second kappa shape index (κ2) is 4.15. The number of hydrogen-bond acceptors (Lipinski definition) is 2. The first-order valence-electron chi connectivity index (χ1n) is 6.36. The standard InChI is InChI=1S/C14H18N2O/c17-10-14(7-3-8-14)9-6-13-15-11-4-1-2-5-12(11)16-13/h1-2,4-5,17H,3,6-10H2,(H,15,16). The largest absolute Gasteiger partial charge is 0.396 e. The Morgan fingerprint density at radius 1 is 1.29 bits per heavy atom. The van der Waals surface area contributed by atoms with Crippen molar-refractivity contribution in [3.8, 4) is 0 Å². The number of benzene rings is 1. The lowest BCUT2D eigenvalue weighted by atomic mass is 9.67. The Kier molecular flexibility index (Phi) is 2.63. The van der Waals surface area contributed by atoms with Crippen molar-refractivity contribution in [2.24, 2.45) is 5.41 Å². The van der Waals surface area contributed by atoms with Crippen LogP contribution in [0.15, 0.2) is 24.3 Å². The minimum atomic E-state index is 0.193. The molecular weight excluding hydrogens is 212 g/mol. The van der Waals surface area contributed by atoms with E-state index in [0.717, 1.165) is 29.7 Å². The third-order valence-corrected chi connectivity index (χ3v) is 4.08. The molecule has 90 valence electrons. The van der Waals surface area contributed by atoms with Gasteiger partial charge in [0.15, 0.2) is 0 Å². The van der Waals surface area contributed by atoms with E-state index >= 15 is 0 Å². The maximum atomic E-state index is 9.42. The summed E-state index contributed by atoms with van der Waals surface area (Å²) in [6, 6.07) is 8.11. The fraction of sp³-hybridized carbons (Fsp3) is 0.500. The number of aliphatic hydroxyl groups is 1. The van der Waals surface area contributed by atoms with Crippen LogP contribution in [0.25, 0.3) is 11.0 Å². The number of aryl methyl sites for hydroxylation is 1. The first-order valence-corrected chi connectivity index (χ1v) is 6.36. The number of nitrogens with zero attached hydrogens (tertiary/aromatic N) is 1. The van der Waals surface area contributed by atoms with Gasteiger partial charge in [-0.15, -0.1) is 0 Å². The minimum Gasteiger partial charge on any atom is -0.396 e. The first-order chi connectivity index (χ1) is 8.31. The lowest BCUT2D eigenvalue weighted by molar-refractivity contribution is 0.0361. The van der Waals surface area contributed by atoms with Crippen LogP contribution in [0, 0.1) is 5.41 Å². The average Bonchev–Trinajstić information content (AvgIpc) is 2.71. The highest BCUT2D eigenvalue weighted by Crippen LogP contribution is 2.43. The van der Waals surface area contributed by atoms with Crippen LogP contribution in [0.5, 0.6) is 0 Å². The fourth-order valence-electron chi connectivity index (χ4n) is 2.67. The van der Waals surface area contributed by atoms with Crippen molar-refractivity contribution in [3.63, 3.8) is 0 Å². The molecule has 1 saturated carbocycles. The van der Waals surface area contributed by atoms with Crippen LogP contribution >= 0.6 is 0 Å². The van der Waals surface area contributed by atoms with Crippen LogP contribution in [0.1, 0.15) is 31.5 Å². The van der Waals surface area contributed by atoms with Crippen LogP contribution < -0.4 is 0 Å². The smallest absolute Gasteiger partial charge is 0.107 e. The highest BCUT2D eigenvalue weighted by atomic mass is 16.3. The van der Waals surface area contributed by atoms with Crippen molar-refractivity contribution in [3.05, 3.63) is 30.1 Å². The van der Waals surface area contributed by atoms with E-state index in [4.69, 9.17) is 0 Å². The molecule has 3 rings (SSSR count). The second-order valence-corrected chi connectivity index (χ2v) is 5.21. The molecule has 0 unspecified atom stereocenters. The lowest BCUT2D eigenvalue weighted by Crippen LogP contribution is -2.33. The van der Waals surface area contributed by atoms with Gasteiger partial charge in [0.2, 0.25) is 0 Å². The van der Waals surface area contributed by atoms with E-state index in [0.29, 0.717) is 6.61 Å². The molecule has 3 nitrogen and oxygen atoms in total. The lowest BCUT2D eigenvalue weighted by Gasteiger charge is -2.40. The Hall–Kier alpha value is -1.35. The molecule has 1 aromatic heterocycles. The number of H-pyrrole nitrogens is 1. The zero-order valence-electron chi connectivity index (χ0n) is 9.95. The number of fused-ring (bicyclic) bond motifs is 1. The second-order valence-electron chi connectivity index (χ2n) is 5.21. The Bertz CT molecular complexity index is 475. The maximum absolute atomic E-state index is 9.42. The predicted octanol–water partition coefficient (Wildman–Crippen LogP) is 2.66. The maximum Gasteiger partial charge on any atom is 0.107 e. The molecule has 0 amide bonds.